The molecule has 0 spiro atoms. The fourth-order valence-corrected chi connectivity index (χ4v) is 1.98. The van der Waals surface area contributed by atoms with Crippen molar-refractivity contribution in [2.75, 3.05) is 19.6 Å². The van der Waals surface area contributed by atoms with Gasteiger partial charge in [-0.3, -0.25) is 0 Å². The lowest BCUT2D eigenvalue weighted by molar-refractivity contribution is -0.112. The molecule has 1 unspecified atom stereocenters. The molecule has 2 heteroatoms. The van der Waals surface area contributed by atoms with Gasteiger partial charge in [0.25, 0.3) is 0 Å². The Morgan fingerprint density at radius 3 is 2.67 bits per heavy atom. The molecule has 2 fully saturated rings. The highest BCUT2D eigenvalue weighted by atomic mass is 16.1. The highest BCUT2D eigenvalue weighted by Gasteiger charge is 2.37. The number of carbonyl (C=O) groups is 1. The van der Waals surface area contributed by atoms with Gasteiger partial charge in [-0.25, -0.2) is 0 Å². The lowest BCUT2D eigenvalue weighted by Gasteiger charge is -2.15. The Kier molecular flexibility index (Phi) is 1.09. The Hall–Kier alpha value is -0.370. The second-order valence-electron chi connectivity index (χ2n) is 3.11. The van der Waals surface area contributed by atoms with E-state index in [4.69, 9.17) is 0 Å². The van der Waals surface area contributed by atoms with Crippen LogP contribution in [0.1, 0.15) is 6.42 Å². The first-order chi connectivity index (χ1) is 4.40. The van der Waals surface area contributed by atoms with Gasteiger partial charge < -0.3 is 9.69 Å². The molecule has 2 nitrogen and oxygen atoms in total. The number of hydrogen-bond acceptors (Lipinski definition) is 2. The first kappa shape index (κ1) is 5.42. The Balaban J connectivity index is 2.09. The fourth-order valence-electron chi connectivity index (χ4n) is 1.98. The van der Waals surface area contributed by atoms with Crippen LogP contribution in [0.4, 0.5) is 0 Å². The number of nitrogens with zero attached hydrogens (tertiary/aromatic N) is 1. The lowest BCUT2D eigenvalue weighted by Crippen LogP contribution is -2.23. The molecule has 9 heavy (non-hydrogen) atoms. The van der Waals surface area contributed by atoms with Gasteiger partial charge in [-0.05, 0) is 18.9 Å². The third-order valence-electron chi connectivity index (χ3n) is 2.56. The van der Waals surface area contributed by atoms with Gasteiger partial charge in [-0.1, -0.05) is 0 Å². The van der Waals surface area contributed by atoms with Crippen LogP contribution in [0.25, 0.3) is 0 Å². The summed E-state index contributed by atoms with van der Waals surface area (Å²) in [6.45, 7) is 3.45. The van der Waals surface area contributed by atoms with Crippen molar-refractivity contribution in [3.8, 4) is 0 Å². The molecule has 0 aromatic carbocycles. The van der Waals surface area contributed by atoms with Gasteiger partial charge in [-0.15, -0.1) is 0 Å². The molecular weight excluding hydrogens is 114 g/mol. The van der Waals surface area contributed by atoms with E-state index >= 15 is 0 Å². The molecule has 2 saturated heterocycles. The van der Waals surface area contributed by atoms with E-state index in [-0.39, 0.29) is 0 Å². The van der Waals surface area contributed by atoms with E-state index in [0.717, 1.165) is 12.8 Å². The maximum atomic E-state index is 10.4. The molecule has 2 aliphatic rings. The molecule has 3 atom stereocenters. The van der Waals surface area contributed by atoms with Crippen molar-refractivity contribution in [2.45, 2.75) is 6.42 Å². The average molecular weight is 125 g/mol. The van der Waals surface area contributed by atoms with E-state index in [2.05, 4.69) is 4.90 Å². The number of rotatable bonds is 1. The van der Waals surface area contributed by atoms with Gasteiger partial charge in [0.05, 0.1) is 0 Å². The van der Waals surface area contributed by atoms with Crippen molar-refractivity contribution in [1.29, 1.82) is 0 Å². The summed E-state index contributed by atoms with van der Waals surface area (Å²) >= 11 is 0. The first-order valence-electron chi connectivity index (χ1n) is 3.58. The van der Waals surface area contributed by atoms with E-state index in [1.165, 1.54) is 19.5 Å². The maximum Gasteiger partial charge on any atom is 0.124 e. The van der Waals surface area contributed by atoms with Crippen molar-refractivity contribution >= 4 is 6.29 Å². The van der Waals surface area contributed by atoms with E-state index < -0.39 is 0 Å². The SMILES string of the molecule is O=C[C@H]1CN2CC[C@H]1C2. The average Bonchev–Trinajstić information content (AvgIpc) is 2.45. The topological polar surface area (TPSA) is 20.3 Å². The predicted octanol–water partition coefficient (Wildman–Crippen LogP) is 0.137. The van der Waals surface area contributed by atoms with E-state index in [9.17, 15) is 4.79 Å². The number of hydrogen-bond donors (Lipinski definition) is 0. The summed E-state index contributed by atoms with van der Waals surface area (Å²) in [4.78, 5) is 12.7. The van der Waals surface area contributed by atoms with Crippen molar-refractivity contribution in [3.05, 3.63) is 0 Å². The summed E-state index contributed by atoms with van der Waals surface area (Å²) in [5, 5.41) is 0. The molecule has 0 aromatic heterocycles. The van der Waals surface area contributed by atoms with E-state index in [1.807, 2.05) is 0 Å². The first-order valence-corrected chi connectivity index (χ1v) is 3.58. The zero-order chi connectivity index (χ0) is 6.27. The van der Waals surface area contributed by atoms with Crippen LogP contribution >= 0.6 is 0 Å². The van der Waals surface area contributed by atoms with Gasteiger partial charge in [0.1, 0.15) is 6.29 Å². The summed E-state index contributed by atoms with van der Waals surface area (Å²) in [5.74, 6) is 1.08. The van der Waals surface area contributed by atoms with Gasteiger partial charge in [0, 0.05) is 19.0 Å². The molecule has 50 valence electrons. The Morgan fingerprint density at radius 2 is 2.33 bits per heavy atom. The zero-order valence-electron chi connectivity index (χ0n) is 5.42. The summed E-state index contributed by atoms with van der Waals surface area (Å²) in [5.41, 5.74) is 0. The van der Waals surface area contributed by atoms with Crippen LogP contribution in [0.5, 0.6) is 0 Å². The molecule has 2 heterocycles. The Labute approximate surface area is 54.8 Å². The second-order valence-corrected chi connectivity index (χ2v) is 3.11. The van der Waals surface area contributed by atoms with Gasteiger partial charge in [0.2, 0.25) is 0 Å². The molecule has 2 rings (SSSR count). The minimum atomic E-state index is 0.374. The normalized spacial score (nSPS) is 47.8. The highest BCUT2D eigenvalue weighted by molar-refractivity contribution is 5.55. The molecule has 0 amide bonds. The summed E-state index contributed by atoms with van der Waals surface area (Å²) < 4.78 is 0. The van der Waals surface area contributed by atoms with Crippen molar-refractivity contribution in [1.82, 2.24) is 4.90 Å². The van der Waals surface area contributed by atoms with Crippen LogP contribution in [-0.4, -0.2) is 30.8 Å². The standard InChI is InChI=1S/C7H11NO/c9-5-7-4-8-2-1-6(7)3-8/h5-7H,1-4H2/t6-,7+/m0/s1. The van der Waals surface area contributed by atoms with Crippen LogP contribution < -0.4 is 0 Å². The summed E-state index contributed by atoms with van der Waals surface area (Å²) in [6.07, 6.45) is 2.38. The van der Waals surface area contributed by atoms with Crippen LogP contribution in [0, 0.1) is 11.8 Å². The van der Waals surface area contributed by atoms with Gasteiger partial charge >= 0.3 is 0 Å². The Morgan fingerprint density at radius 1 is 1.44 bits per heavy atom. The third kappa shape index (κ3) is 0.697. The highest BCUT2D eigenvalue weighted by Crippen LogP contribution is 2.31. The number of carbonyl (C=O) groups excluding carboxylic acids is 1. The molecule has 0 radical (unpaired) electrons. The number of aldehydes is 1. The maximum absolute atomic E-state index is 10.4. The number of fused-ring (bicyclic) bond motifs is 2. The fraction of sp³-hybridized carbons (Fsp3) is 0.857. The molecule has 0 saturated carbocycles. The smallest absolute Gasteiger partial charge is 0.124 e. The van der Waals surface area contributed by atoms with Crippen molar-refractivity contribution in [2.24, 2.45) is 11.8 Å². The summed E-state index contributed by atoms with van der Waals surface area (Å²) in [6, 6.07) is 0. The van der Waals surface area contributed by atoms with Crippen molar-refractivity contribution < 1.29 is 4.79 Å². The number of piperidine rings is 1. The van der Waals surface area contributed by atoms with Crippen LogP contribution in [0.15, 0.2) is 0 Å². The van der Waals surface area contributed by atoms with Crippen LogP contribution in [0.3, 0.4) is 0 Å². The van der Waals surface area contributed by atoms with Gasteiger partial charge in [0.15, 0.2) is 0 Å². The van der Waals surface area contributed by atoms with Crippen molar-refractivity contribution in [3.63, 3.8) is 0 Å². The zero-order valence-corrected chi connectivity index (χ0v) is 5.42. The monoisotopic (exact) mass is 125 g/mol. The molecule has 0 aromatic rings. The second kappa shape index (κ2) is 1.81. The quantitative estimate of drug-likeness (QED) is 0.464. The molecular formula is C7H11NO. The van der Waals surface area contributed by atoms with E-state index in [0.29, 0.717) is 11.8 Å². The minimum absolute atomic E-state index is 0.374. The predicted molar refractivity (Wildman–Crippen MR) is 34.1 cm³/mol. The molecule has 0 N–H and O–H groups in total. The molecule has 0 aliphatic carbocycles. The minimum Gasteiger partial charge on any atom is -0.303 e. The van der Waals surface area contributed by atoms with Crippen LogP contribution in [-0.2, 0) is 4.79 Å². The Bertz CT molecular complexity index is 135. The third-order valence-corrected chi connectivity index (χ3v) is 2.56. The van der Waals surface area contributed by atoms with E-state index in [1.54, 1.807) is 0 Å². The van der Waals surface area contributed by atoms with Crippen LogP contribution in [0.2, 0.25) is 0 Å². The van der Waals surface area contributed by atoms with Gasteiger partial charge in [-0.2, -0.15) is 0 Å². The molecule has 2 aliphatic heterocycles. The molecule has 2 bridgehead atoms. The summed E-state index contributed by atoms with van der Waals surface area (Å²) in [7, 11) is 0. The largest absolute Gasteiger partial charge is 0.303 e. The lowest BCUT2D eigenvalue weighted by atomic mass is 9.94.